The van der Waals surface area contributed by atoms with Crippen molar-refractivity contribution in [3.05, 3.63) is 22.4 Å². The molecule has 1 aliphatic rings. The summed E-state index contributed by atoms with van der Waals surface area (Å²) in [4.78, 5) is 18.3. The van der Waals surface area contributed by atoms with E-state index in [1.165, 1.54) is 24.1 Å². The number of carbonyl (C=O) groups excluding carboxylic acids is 1. The minimum Gasteiger partial charge on any atom is -0.353 e. The number of carbonyl (C=O) groups is 1. The molecule has 0 radical (unpaired) electrons. The molecule has 1 atom stereocenters. The largest absolute Gasteiger partial charge is 0.353 e. The Morgan fingerprint density at radius 2 is 2.00 bits per heavy atom. The number of nitrogens with zero attached hydrogens (tertiary/aromatic N) is 2. The Hall–Kier alpha value is -0.910. The van der Waals surface area contributed by atoms with E-state index in [1.807, 2.05) is 11.3 Å². The molecule has 0 bridgehead atoms. The molecule has 1 saturated heterocycles. The second-order valence-electron chi connectivity index (χ2n) is 6.60. The van der Waals surface area contributed by atoms with Crippen molar-refractivity contribution in [2.24, 2.45) is 0 Å². The standard InChI is InChI=1S/C18H31N3OS/c1-3-4-5-7-16(2)19-18(22)15-21-11-9-20(10-12-21)14-17-8-6-13-23-17/h6,8,13,16H,3-5,7,9-12,14-15H2,1-2H3,(H,19,22). The Morgan fingerprint density at radius 1 is 1.26 bits per heavy atom. The van der Waals surface area contributed by atoms with Crippen LogP contribution in [0.4, 0.5) is 0 Å². The van der Waals surface area contributed by atoms with E-state index in [9.17, 15) is 4.79 Å². The minimum atomic E-state index is 0.181. The molecule has 0 spiro atoms. The van der Waals surface area contributed by atoms with Crippen molar-refractivity contribution in [3.63, 3.8) is 0 Å². The zero-order valence-electron chi connectivity index (χ0n) is 14.6. The highest BCUT2D eigenvalue weighted by Crippen LogP contribution is 2.13. The Kier molecular flexibility index (Phi) is 8.06. The van der Waals surface area contributed by atoms with E-state index in [1.54, 1.807) is 0 Å². The van der Waals surface area contributed by atoms with Crippen molar-refractivity contribution in [1.82, 2.24) is 15.1 Å². The van der Waals surface area contributed by atoms with Crippen LogP contribution in [0.1, 0.15) is 44.4 Å². The fourth-order valence-electron chi connectivity index (χ4n) is 3.02. The third-order valence-electron chi connectivity index (χ3n) is 4.44. The number of amides is 1. The maximum atomic E-state index is 12.1. The van der Waals surface area contributed by atoms with Gasteiger partial charge >= 0.3 is 0 Å². The first kappa shape index (κ1) is 18.4. The van der Waals surface area contributed by atoms with E-state index in [0.29, 0.717) is 12.6 Å². The van der Waals surface area contributed by atoms with Crippen LogP contribution in [0, 0.1) is 0 Å². The molecule has 1 N–H and O–H groups in total. The van der Waals surface area contributed by atoms with Gasteiger partial charge in [-0.1, -0.05) is 32.3 Å². The third-order valence-corrected chi connectivity index (χ3v) is 5.30. The van der Waals surface area contributed by atoms with Gasteiger partial charge in [0, 0.05) is 43.6 Å². The van der Waals surface area contributed by atoms with Crippen LogP contribution in [0.2, 0.25) is 0 Å². The average molecular weight is 338 g/mol. The van der Waals surface area contributed by atoms with Gasteiger partial charge in [-0.2, -0.15) is 0 Å². The molecule has 4 nitrogen and oxygen atoms in total. The third kappa shape index (κ3) is 7.02. The molecule has 23 heavy (non-hydrogen) atoms. The highest BCUT2D eigenvalue weighted by molar-refractivity contribution is 7.09. The van der Waals surface area contributed by atoms with Crippen LogP contribution in [0.25, 0.3) is 0 Å². The number of unbranched alkanes of at least 4 members (excludes halogenated alkanes) is 2. The van der Waals surface area contributed by atoms with Crippen LogP contribution < -0.4 is 5.32 Å². The molecule has 1 fully saturated rings. The fraction of sp³-hybridized carbons (Fsp3) is 0.722. The lowest BCUT2D eigenvalue weighted by Crippen LogP contribution is -2.49. The fourth-order valence-corrected chi connectivity index (χ4v) is 3.77. The zero-order valence-corrected chi connectivity index (χ0v) is 15.4. The molecule has 0 aliphatic carbocycles. The summed E-state index contributed by atoms with van der Waals surface area (Å²) in [6, 6.07) is 4.61. The van der Waals surface area contributed by atoms with Crippen molar-refractivity contribution in [2.45, 2.75) is 52.1 Å². The van der Waals surface area contributed by atoms with E-state index in [0.717, 1.165) is 39.1 Å². The molecule has 2 rings (SSSR count). The van der Waals surface area contributed by atoms with E-state index in [4.69, 9.17) is 0 Å². The van der Waals surface area contributed by atoms with Crippen molar-refractivity contribution in [3.8, 4) is 0 Å². The van der Waals surface area contributed by atoms with Gasteiger partial charge in [-0.05, 0) is 24.8 Å². The van der Waals surface area contributed by atoms with Gasteiger partial charge < -0.3 is 5.32 Å². The van der Waals surface area contributed by atoms with Crippen molar-refractivity contribution < 1.29 is 4.79 Å². The molecule has 0 saturated carbocycles. The zero-order chi connectivity index (χ0) is 16.5. The second kappa shape index (κ2) is 10.1. The molecule has 1 amide bonds. The van der Waals surface area contributed by atoms with Crippen molar-refractivity contribution >= 4 is 17.2 Å². The summed E-state index contributed by atoms with van der Waals surface area (Å²) in [5, 5.41) is 5.28. The first-order valence-corrected chi connectivity index (χ1v) is 9.81. The molecule has 0 aromatic carbocycles. The lowest BCUT2D eigenvalue weighted by molar-refractivity contribution is -0.123. The second-order valence-corrected chi connectivity index (χ2v) is 7.63. The molecule has 1 aromatic heterocycles. The normalized spacial score (nSPS) is 18.0. The lowest BCUT2D eigenvalue weighted by Gasteiger charge is -2.34. The molecule has 5 heteroatoms. The summed E-state index contributed by atoms with van der Waals surface area (Å²) < 4.78 is 0. The lowest BCUT2D eigenvalue weighted by atomic mass is 10.1. The van der Waals surface area contributed by atoms with Gasteiger partial charge in [-0.25, -0.2) is 0 Å². The van der Waals surface area contributed by atoms with Crippen molar-refractivity contribution in [1.29, 1.82) is 0 Å². The van der Waals surface area contributed by atoms with Gasteiger partial charge in [0.2, 0.25) is 5.91 Å². The SMILES string of the molecule is CCCCCC(C)NC(=O)CN1CCN(Cc2cccs2)CC1. The van der Waals surface area contributed by atoms with E-state index >= 15 is 0 Å². The maximum Gasteiger partial charge on any atom is 0.234 e. The molecular formula is C18H31N3OS. The van der Waals surface area contributed by atoms with Gasteiger partial charge in [0.05, 0.1) is 6.54 Å². The number of hydrogen-bond acceptors (Lipinski definition) is 4. The molecular weight excluding hydrogens is 306 g/mol. The van der Waals surface area contributed by atoms with Crippen LogP contribution in [-0.4, -0.2) is 54.5 Å². The van der Waals surface area contributed by atoms with Gasteiger partial charge in [-0.15, -0.1) is 11.3 Å². The van der Waals surface area contributed by atoms with Crippen LogP contribution >= 0.6 is 11.3 Å². The first-order valence-electron chi connectivity index (χ1n) is 8.94. The molecule has 1 unspecified atom stereocenters. The summed E-state index contributed by atoms with van der Waals surface area (Å²) in [5.74, 6) is 0.181. The number of rotatable bonds is 9. The molecule has 130 valence electrons. The van der Waals surface area contributed by atoms with E-state index < -0.39 is 0 Å². The first-order chi connectivity index (χ1) is 11.2. The molecule has 1 aliphatic heterocycles. The predicted molar refractivity (Wildman–Crippen MR) is 97.8 cm³/mol. The maximum absolute atomic E-state index is 12.1. The molecule has 2 heterocycles. The van der Waals surface area contributed by atoms with E-state index in [2.05, 4.69) is 46.5 Å². The highest BCUT2D eigenvalue weighted by atomic mass is 32.1. The van der Waals surface area contributed by atoms with E-state index in [-0.39, 0.29) is 5.91 Å². The quantitative estimate of drug-likeness (QED) is 0.704. The summed E-state index contributed by atoms with van der Waals surface area (Å²) >= 11 is 1.82. The average Bonchev–Trinajstić information content (AvgIpc) is 3.02. The number of nitrogens with one attached hydrogen (secondary N) is 1. The van der Waals surface area contributed by atoms with Crippen LogP contribution in [-0.2, 0) is 11.3 Å². The summed E-state index contributed by atoms with van der Waals surface area (Å²) in [5.41, 5.74) is 0. The summed E-state index contributed by atoms with van der Waals surface area (Å²) in [6.45, 7) is 10.0. The number of piperazine rings is 1. The van der Waals surface area contributed by atoms with Crippen LogP contribution in [0.15, 0.2) is 17.5 Å². The number of hydrogen-bond donors (Lipinski definition) is 1. The highest BCUT2D eigenvalue weighted by Gasteiger charge is 2.19. The van der Waals surface area contributed by atoms with Crippen molar-refractivity contribution in [2.75, 3.05) is 32.7 Å². The number of thiophene rings is 1. The van der Waals surface area contributed by atoms with Gasteiger partial charge in [0.15, 0.2) is 0 Å². The van der Waals surface area contributed by atoms with Gasteiger partial charge in [-0.3, -0.25) is 14.6 Å². The predicted octanol–water partition coefficient (Wildman–Crippen LogP) is 2.95. The van der Waals surface area contributed by atoms with Gasteiger partial charge in [0.1, 0.15) is 0 Å². The van der Waals surface area contributed by atoms with Crippen LogP contribution in [0.3, 0.4) is 0 Å². The molecule has 1 aromatic rings. The van der Waals surface area contributed by atoms with Crippen LogP contribution in [0.5, 0.6) is 0 Å². The minimum absolute atomic E-state index is 0.181. The Balaban J connectivity index is 1.60. The topological polar surface area (TPSA) is 35.6 Å². The Bertz CT molecular complexity index is 441. The summed E-state index contributed by atoms with van der Waals surface area (Å²) in [7, 11) is 0. The Labute approximate surface area is 144 Å². The Morgan fingerprint density at radius 3 is 2.65 bits per heavy atom. The van der Waals surface area contributed by atoms with Gasteiger partial charge in [0.25, 0.3) is 0 Å². The monoisotopic (exact) mass is 337 g/mol. The summed E-state index contributed by atoms with van der Waals surface area (Å²) in [6.07, 6.45) is 4.79. The smallest absolute Gasteiger partial charge is 0.234 e.